The number of hydrogen-bond acceptors (Lipinski definition) is 7. The average molecular weight is 399 g/mol. The first-order valence-electron chi connectivity index (χ1n) is 10.3. The van der Waals surface area contributed by atoms with E-state index >= 15 is 0 Å². The summed E-state index contributed by atoms with van der Waals surface area (Å²) in [5, 5.41) is 13.5. The van der Waals surface area contributed by atoms with Crippen molar-refractivity contribution in [2.75, 3.05) is 43.4 Å². The smallest absolute Gasteiger partial charge is 0.267 e. The van der Waals surface area contributed by atoms with Crippen molar-refractivity contribution in [3.63, 3.8) is 0 Å². The lowest BCUT2D eigenvalue weighted by molar-refractivity contribution is 0.241. The molecule has 3 aliphatic rings. The molecule has 0 radical (unpaired) electrons. The molecule has 0 aromatic carbocycles. The molecular formula is C20H26N6OS. The molecule has 0 amide bonds. The van der Waals surface area contributed by atoms with E-state index in [4.69, 9.17) is 0 Å². The summed E-state index contributed by atoms with van der Waals surface area (Å²) in [4.78, 5) is 17.1. The van der Waals surface area contributed by atoms with Crippen molar-refractivity contribution in [3.8, 4) is 0 Å². The largest absolute Gasteiger partial charge is 0.353 e. The number of rotatable bonds is 4. The summed E-state index contributed by atoms with van der Waals surface area (Å²) in [7, 11) is 0. The fourth-order valence-electron chi connectivity index (χ4n) is 4.32. The Balaban J connectivity index is 1.17. The lowest BCUT2D eigenvalue weighted by Crippen LogP contribution is -2.48. The highest BCUT2D eigenvalue weighted by molar-refractivity contribution is 7.98. The minimum Gasteiger partial charge on any atom is -0.353 e. The highest BCUT2D eigenvalue weighted by Gasteiger charge is 2.21. The normalized spacial score (nSPS) is 19.5. The van der Waals surface area contributed by atoms with Crippen molar-refractivity contribution in [3.05, 3.63) is 45.0 Å². The fraction of sp³-hybridized carbons (Fsp3) is 0.600. The van der Waals surface area contributed by atoms with E-state index in [1.807, 2.05) is 11.8 Å². The molecule has 2 aliphatic heterocycles. The molecule has 5 rings (SSSR count). The zero-order valence-corrected chi connectivity index (χ0v) is 17.0. The van der Waals surface area contributed by atoms with E-state index in [9.17, 15) is 4.79 Å². The van der Waals surface area contributed by atoms with Crippen LogP contribution in [0.5, 0.6) is 0 Å². The van der Waals surface area contributed by atoms with Gasteiger partial charge < -0.3 is 4.90 Å². The van der Waals surface area contributed by atoms with Gasteiger partial charge in [0, 0.05) is 51.0 Å². The number of hydrogen-bond donors (Lipinski definition) is 0. The Morgan fingerprint density at radius 2 is 1.82 bits per heavy atom. The van der Waals surface area contributed by atoms with Crippen LogP contribution in [0.1, 0.15) is 28.9 Å². The molecule has 1 saturated heterocycles. The molecule has 1 fully saturated rings. The molecule has 0 atom stereocenters. The Labute approximate surface area is 169 Å². The first-order valence-corrected chi connectivity index (χ1v) is 11.4. The van der Waals surface area contributed by atoms with E-state index in [1.54, 1.807) is 10.7 Å². The van der Waals surface area contributed by atoms with Crippen LogP contribution in [0.25, 0.3) is 0 Å². The Morgan fingerprint density at radius 1 is 0.929 bits per heavy atom. The van der Waals surface area contributed by atoms with E-state index in [1.165, 1.54) is 17.7 Å². The van der Waals surface area contributed by atoms with Gasteiger partial charge in [-0.25, -0.2) is 4.68 Å². The predicted octanol–water partition coefficient (Wildman–Crippen LogP) is 1.13. The molecule has 2 aromatic heterocycles. The van der Waals surface area contributed by atoms with Gasteiger partial charge >= 0.3 is 0 Å². The van der Waals surface area contributed by atoms with Crippen molar-refractivity contribution in [2.24, 2.45) is 0 Å². The van der Waals surface area contributed by atoms with Gasteiger partial charge in [-0.05, 0) is 42.2 Å². The van der Waals surface area contributed by atoms with Gasteiger partial charge in [-0.1, -0.05) is 0 Å². The second-order valence-corrected chi connectivity index (χ2v) is 8.94. The number of thioether (sulfide) groups is 1. The Bertz CT molecular complexity index is 921. The zero-order valence-electron chi connectivity index (χ0n) is 16.1. The van der Waals surface area contributed by atoms with Gasteiger partial charge in [-0.2, -0.15) is 22.0 Å². The molecule has 0 N–H and O–H groups in total. The molecule has 0 unspecified atom stereocenters. The molecular weight excluding hydrogens is 372 g/mol. The summed E-state index contributed by atoms with van der Waals surface area (Å²) >= 11 is 1.88. The first-order chi connectivity index (χ1) is 13.8. The van der Waals surface area contributed by atoms with Crippen LogP contribution in [0.4, 0.5) is 5.82 Å². The Hall–Kier alpha value is -1.93. The maximum atomic E-state index is 12.3. The van der Waals surface area contributed by atoms with Crippen LogP contribution in [0.3, 0.4) is 0 Å². The van der Waals surface area contributed by atoms with Crippen molar-refractivity contribution in [2.45, 2.75) is 38.0 Å². The maximum Gasteiger partial charge on any atom is 0.267 e. The van der Waals surface area contributed by atoms with E-state index in [0.717, 1.165) is 80.6 Å². The van der Waals surface area contributed by atoms with Gasteiger partial charge in [0.25, 0.3) is 5.56 Å². The van der Waals surface area contributed by atoms with Gasteiger partial charge in [0.2, 0.25) is 0 Å². The second kappa shape index (κ2) is 7.83. The third-order valence-electron chi connectivity index (χ3n) is 6.04. The predicted molar refractivity (Wildman–Crippen MR) is 111 cm³/mol. The third kappa shape index (κ3) is 3.67. The second-order valence-electron chi connectivity index (χ2n) is 7.84. The third-order valence-corrected chi connectivity index (χ3v) is 7.04. The van der Waals surface area contributed by atoms with Crippen LogP contribution < -0.4 is 10.5 Å². The number of piperazine rings is 1. The summed E-state index contributed by atoms with van der Waals surface area (Å²) in [6.45, 7) is 5.40. The standard InChI is InChI=1S/C20H26N6OS/c27-20-13-16-14-28-11-4-18(16)23-26(20)10-7-24-5-8-25(9-6-24)19-12-15-2-1-3-17(15)21-22-19/h12-13H,1-11,14H2. The fourth-order valence-corrected chi connectivity index (χ4v) is 5.27. The van der Waals surface area contributed by atoms with Gasteiger partial charge in [-0.3, -0.25) is 9.69 Å². The molecule has 148 valence electrons. The van der Waals surface area contributed by atoms with Crippen molar-refractivity contribution >= 4 is 17.6 Å². The number of anilines is 1. The van der Waals surface area contributed by atoms with Crippen LogP contribution in [-0.2, 0) is 31.6 Å². The van der Waals surface area contributed by atoms with Gasteiger partial charge in [0.15, 0.2) is 5.82 Å². The molecule has 7 nitrogen and oxygen atoms in total. The molecule has 0 spiro atoms. The van der Waals surface area contributed by atoms with Crippen molar-refractivity contribution in [1.82, 2.24) is 24.9 Å². The van der Waals surface area contributed by atoms with Crippen LogP contribution in [-0.4, -0.2) is 63.4 Å². The van der Waals surface area contributed by atoms with E-state index in [2.05, 4.69) is 31.2 Å². The Kier molecular flexibility index (Phi) is 5.07. The molecule has 0 saturated carbocycles. The lowest BCUT2D eigenvalue weighted by atomic mass is 10.2. The summed E-state index contributed by atoms with van der Waals surface area (Å²) in [5.41, 5.74) is 4.83. The molecule has 4 heterocycles. The van der Waals surface area contributed by atoms with Gasteiger partial charge in [0.05, 0.1) is 17.9 Å². The number of nitrogens with zero attached hydrogens (tertiary/aromatic N) is 6. The molecule has 8 heteroatoms. The monoisotopic (exact) mass is 398 g/mol. The average Bonchev–Trinajstić information content (AvgIpc) is 3.20. The topological polar surface area (TPSA) is 67.2 Å². The molecule has 1 aliphatic carbocycles. The number of fused-ring (bicyclic) bond motifs is 2. The minimum absolute atomic E-state index is 0.0355. The van der Waals surface area contributed by atoms with Gasteiger partial charge in [-0.15, -0.1) is 5.10 Å². The van der Waals surface area contributed by atoms with Crippen molar-refractivity contribution in [1.29, 1.82) is 0 Å². The zero-order chi connectivity index (χ0) is 18.9. The summed E-state index contributed by atoms with van der Waals surface area (Å²) < 4.78 is 1.66. The van der Waals surface area contributed by atoms with Crippen LogP contribution in [0, 0.1) is 0 Å². The Morgan fingerprint density at radius 3 is 2.71 bits per heavy atom. The molecule has 2 aromatic rings. The molecule has 0 bridgehead atoms. The number of aryl methyl sites for hydroxylation is 3. The molecule has 28 heavy (non-hydrogen) atoms. The summed E-state index contributed by atoms with van der Waals surface area (Å²) in [6.07, 6.45) is 4.39. The number of aromatic nitrogens is 4. The van der Waals surface area contributed by atoms with E-state index in [0.29, 0.717) is 6.54 Å². The van der Waals surface area contributed by atoms with E-state index < -0.39 is 0 Å². The summed E-state index contributed by atoms with van der Waals surface area (Å²) in [6, 6.07) is 4.03. The first kappa shape index (κ1) is 18.1. The van der Waals surface area contributed by atoms with Gasteiger partial charge in [0.1, 0.15) is 0 Å². The highest BCUT2D eigenvalue weighted by atomic mass is 32.2. The minimum atomic E-state index is 0.0355. The van der Waals surface area contributed by atoms with Crippen LogP contribution in [0.15, 0.2) is 16.9 Å². The summed E-state index contributed by atoms with van der Waals surface area (Å²) in [5.74, 6) is 3.04. The van der Waals surface area contributed by atoms with E-state index in [-0.39, 0.29) is 5.56 Å². The SMILES string of the molecule is O=c1cc2c(nn1CCN1CCN(c3cc4c(nn3)CCC4)CC1)CCSC2. The van der Waals surface area contributed by atoms with Crippen LogP contribution in [0.2, 0.25) is 0 Å². The lowest BCUT2D eigenvalue weighted by Gasteiger charge is -2.35. The highest BCUT2D eigenvalue weighted by Crippen LogP contribution is 2.23. The van der Waals surface area contributed by atoms with Crippen LogP contribution >= 0.6 is 11.8 Å². The maximum absolute atomic E-state index is 12.3. The quantitative estimate of drug-likeness (QED) is 0.765. The van der Waals surface area contributed by atoms with Crippen molar-refractivity contribution < 1.29 is 0 Å².